The van der Waals surface area contributed by atoms with Gasteiger partial charge in [-0.3, -0.25) is 0 Å². The number of aryl methyl sites for hydroxylation is 1. The zero-order valence-corrected chi connectivity index (χ0v) is 18.0. The normalized spacial score (nSPS) is 32.6. The van der Waals surface area contributed by atoms with E-state index in [4.69, 9.17) is 4.74 Å². The Hall–Kier alpha value is -0.890. The molecule has 5 unspecified atom stereocenters. The Morgan fingerprint density at radius 3 is 2.64 bits per heavy atom. The predicted octanol–water partition coefficient (Wildman–Crippen LogP) is 7.21. The van der Waals surface area contributed by atoms with E-state index in [1.807, 2.05) is 6.07 Å². The van der Waals surface area contributed by atoms with Gasteiger partial charge in [0.15, 0.2) is 0 Å². The molecule has 0 heterocycles. The molecule has 3 aliphatic carbocycles. The molecule has 0 spiro atoms. The predicted molar refractivity (Wildman–Crippen MR) is 114 cm³/mol. The van der Waals surface area contributed by atoms with Crippen LogP contribution >= 0.6 is 0 Å². The van der Waals surface area contributed by atoms with Crippen molar-refractivity contribution < 1.29 is 9.13 Å². The molecular weight excluding hydrogens is 347 g/mol. The van der Waals surface area contributed by atoms with Gasteiger partial charge in [-0.1, -0.05) is 32.8 Å². The van der Waals surface area contributed by atoms with E-state index in [1.54, 1.807) is 0 Å². The minimum absolute atomic E-state index is 0.0734. The molecule has 0 bridgehead atoms. The van der Waals surface area contributed by atoms with Crippen LogP contribution in [0.4, 0.5) is 4.39 Å². The standard InChI is InChI=1S/C26H39FO/c1-3-4-5-12-28-24-11-10-19-14-22(9-8-20(19)15-24)25-16-21-7-6-18(2)13-23(21)17-26(25)27/h16-20,22,24H,3-15H2,1-2H3. The summed E-state index contributed by atoms with van der Waals surface area (Å²) < 4.78 is 21.1. The van der Waals surface area contributed by atoms with Gasteiger partial charge in [-0.15, -0.1) is 0 Å². The van der Waals surface area contributed by atoms with Gasteiger partial charge < -0.3 is 4.74 Å². The molecule has 4 rings (SSSR count). The fraction of sp³-hybridized carbons (Fsp3) is 0.769. The summed E-state index contributed by atoms with van der Waals surface area (Å²) >= 11 is 0. The topological polar surface area (TPSA) is 9.23 Å². The Bertz CT molecular complexity index is 654. The van der Waals surface area contributed by atoms with Crippen molar-refractivity contribution in [2.24, 2.45) is 17.8 Å². The van der Waals surface area contributed by atoms with Gasteiger partial charge in [0.25, 0.3) is 0 Å². The Kier molecular flexibility index (Phi) is 6.76. The highest BCUT2D eigenvalue weighted by atomic mass is 19.1. The molecule has 28 heavy (non-hydrogen) atoms. The van der Waals surface area contributed by atoms with Crippen LogP contribution in [0.2, 0.25) is 0 Å². The average molecular weight is 387 g/mol. The van der Waals surface area contributed by atoms with E-state index < -0.39 is 0 Å². The number of ether oxygens (including phenoxy) is 1. The molecule has 0 saturated heterocycles. The first-order valence-electron chi connectivity index (χ1n) is 12.1. The molecule has 0 radical (unpaired) electrons. The Labute approximate surface area is 171 Å². The highest BCUT2D eigenvalue weighted by Gasteiger charge is 2.37. The zero-order valence-electron chi connectivity index (χ0n) is 18.0. The first-order valence-corrected chi connectivity index (χ1v) is 12.1. The summed E-state index contributed by atoms with van der Waals surface area (Å²) in [4.78, 5) is 0. The number of halogens is 1. The summed E-state index contributed by atoms with van der Waals surface area (Å²) in [7, 11) is 0. The van der Waals surface area contributed by atoms with Crippen LogP contribution in [0.3, 0.4) is 0 Å². The third-order valence-corrected chi connectivity index (χ3v) is 7.90. The van der Waals surface area contributed by atoms with Gasteiger partial charge in [0.2, 0.25) is 0 Å². The van der Waals surface area contributed by atoms with Crippen LogP contribution < -0.4 is 0 Å². The van der Waals surface area contributed by atoms with Crippen LogP contribution in [0.5, 0.6) is 0 Å². The van der Waals surface area contributed by atoms with Gasteiger partial charge in [-0.2, -0.15) is 0 Å². The van der Waals surface area contributed by atoms with Gasteiger partial charge in [0.1, 0.15) is 5.82 Å². The molecule has 0 amide bonds. The fourth-order valence-corrected chi connectivity index (χ4v) is 6.18. The van der Waals surface area contributed by atoms with E-state index in [0.29, 0.717) is 17.9 Å². The monoisotopic (exact) mass is 386 g/mol. The van der Waals surface area contributed by atoms with Crippen molar-refractivity contribution in [3.8, 4) is 0 Å². The van der Waals surface area contributed by atoms with E-state index in [9.17, 15) is 4.39 Å². The molecular formula is C26H39FO. The third-order valence-electron chi connectivity index (χ3n) is 7.90. The lowest BCUT2D eigenvalue weighted by Crippen LogP contribution is -2.34. The average Bonchev–Trinajstić information content (AvgIpc) is 2.70. The number of hydrogen-bond acceptors (Lipinski definition) is 1. The number of fused-ring (bicyclic) bond motifs is 2. The second-order valence-electron chi connectivity index (χ2n) is 10.0. The molecule has 3 aliphatic rings. The van der Waals surface area contributed by atoms with Crippen molar-refractivity contribution >= 4 is 0 Å². The first-order chi connectivity index (χ1) is 13.6. The van der Waals surface area contributed by atoms with Gasteiger partial charge in [-0.25, -0.2) is 4.39 Å². The number of hydrogen-bond donors (Lipinski definition) is 0. The van der Waals surface area contributed by atoms with Crippen LogP contribution in [0.15, 0.2) is 12.1 Å². The summed E-state index contributed by atoms with van der Waals surface area (Å²) in [5, 5.41) is 0. The molecule has 0 N–H and O–H groups in total. The lowest BCUT2D eigenvalue weighted by Gasteiger charge is -2.42. The van der Waals surface area contributed by atoms with E-state index in [0.717, 1.165) is 43.3 Å². The summed E-state index contributed by atoms with van der Waals surface area (Å²) in [5.41, 5.74) is 3.74. The van der Waals surface area contributed by atoms with E-state index in [2.05, 4.69) is 19.9 Å². The zero-order chi connectivity index (χ0) is 19.5. The Morgan fingerprint density at radius 2 is 1.79 bits per heavy atom. The fourth-order valence-electron chi connectivity index (χ4n) is 6.18. The van der Waals surface area contributed by atoms with Crippen molar-refractivity contribution in [2.75, 3.05) is 6.61 Å². The van der Waals surface area contributed by atoms with Crippen molar-refractivity contribution in [1.82, 2.24) is 0 Å². The van der Waals surface area contributed by atoms with Crippen LogP contribution in [0, 0.1) is 23.6 Å². The molecule has 0 aliphatic heterocycles. The van der Waals surface area contributed by atoms with Crippen LogP contribution in [0.25, 0.3) is 0 Å². The highest BCUT2D eigenvalue weighted by molar-refractivity contribution is 5.37. The first kappa shape index (κ1) is 20.4. The van der Waals surface area contributed by atoms with E-state index >= 15 is 0 Å². The molecule has 1 aromatic carbocycles. The van der Waals surface area contributed by atoms with Crippen LogP contribution in [0.1, 0.15) is 101 Å². The molecule has 2 fully saturated rings. The largest absolute Gasteiger partial charge is 0.378 e. The number of benzene rings is 1. The molecule has 1 aromatic rings. The maximum Gasteiger partial charge on any atom is 0.126 e. The number of rotatable bonds is 6. The molecule has 2 heteroatoms. The van der Waals surface area contributed by atoms with E-state index in [-0.39, 0.29) is 5.82 Å². The Balaban J connectivity index is 1.35. The summed E-state index contributed by atoms with van der Waals surface area (Å²) in [5.74, 6) is 2.80. The van der Waals surface area contributed by atoms with E-state index in [1.165, 1.54) is 68.9 Å². The summed E-state index contributed by atoms with van der Waals surface area (Å²) in [6.07, 6.45) is 15.0. The van der Waals surface area contributed by atoms with Gasteiger partial charge in [0.05, 0.1) is 6.10 Å². The Morgan fingerprint density at radius 1 is 0.964 bits per heavy atom. The molecule has 156 valence electrons. The summed E-state index contributed by atoms with van der Waals surface area (Å²) in [6.45, 7) is 5.48. The molecule has 1 nitrogen and oxygen atoms in total. The minimum Gasteiger partial charge on any atom is -0.378 e. The molecule has 2 saturated carbocycles. The molecule has 0 aromatic heterocycles. The lowest BCUT2D eigenvalue weighted by atomic mass is 9.65. The molecule has 5 atom stereocenters. The highest BCUT2D eigenvalue weighted by Crippen LogP contribution is 2.47. The third kappa shape index (κ3) is 4.64. The SMILES string of the molecule is CCCCCOC1CCC2CC(c3cc4c(cc3F)CC(C)CC4)CCC2C1. The second kappa shape index (κ2) is 9.28. The maximum atomic E-state index is 15.0. The van der Waals surface area contributed by atoms with Crippen LogP contribution in [-0.2, 0) is 17.6 Å². The minimum atomic E-state index is 0.0734. The van der Waals surface area contributed by atoms with Gasteiger partial charge >= 0.3 is 0 Å². The van der Waals surface area contributed by atoms with Crippen molar-refractivity contribution in [3.05, 3.63) is 34.6 Å². The maximum absolute atomic E-state index is 15.0. The lowest BCUT2D eigenvalue weighted by molar-refractivity contribution is -0.0164. The van der Waals surface area contributed by atoms with Crippen molar-refractivity contribution in [2.45, 2.75) is 103 Å². The van der Waals surface area contributed by atoms with Crippen molar-refractivity contribution in [1.29, 1.82) is 0 Å². The number of unbranched alkanes of at least 4 members (excludes halogenated alkanes) is 2. The summed E-state index contributed by atoms with van der Waals surface area (Å²) in [6, 6.07) is 4.14. The quantitative estimate of drug-likeness (QED) is 0.469. The van der Waals surface area contributed by atoms with Gasteiger partial charge in [-0.05, 0) is 111 Å². The van der Waals surface area contributed by atoms with Crippen molar-refractivity contribution in [3.63, 3.8) is 0 Å². The van der Waals surface area contributed by atoms with Gasteiger partial charge in [0, 0.05) is 6.61 Å². The van der Waals surface area contributed by atoms with Crippen LogP contribution in [-0.4, -0.2) is 12.7 Å². The smallest absolute Gasteiger partial charge is 0.126 e. The second-order valence-corrected chi connectivity index (χ2v) is 10.0.